The fraction of sp³-hybridized carbons (Fsp3) is 0.185. The summed E-state index contributed by atoms with van der Waals surface area (Å²) in [5, 5.41) is 15.5. The van der Waals surface area contributed by atoms with Crippen LogP contribution in [0.1, 0.15) is 35.0 Å². The molecule has 3 aromatic carbocycles. The number of ether oxygens (including phenoxy) is 2. The number of carboxylic acid groups (broad SMARTS) is 1. The lowest BCUT2D eigenvalue weighted by Gasteiger charge is -2.13. The predicted octanol–water partition coefficient (Wildman–Crippen LogP) is 7.12. The number of aromatic nitrogens is 2. The maximum atomic E-state index is 11.7. The Kier molecular flexibility index (Phi) is 7.95. The Morgan fingerprint density at radius 1 is 0.886 bits per heavy atom. The summed E-state index contributed by atoms with van der Waals surface area (Å²) >= 11 is 12.0. The van der Waals surface area contributed by atoms with Crippen LogP contribution in [0.3, 0.4) is 0 Å². The third-order valence-corrected chi connectivity index (χ3v) is 5.79. The second kappa shape index (κ2) is 11.3. The molecule has 4 aromatic rings. The fourth-order valence-corrected chi connectivity index (χ4v) is 3.77. The van der Waals surface area contributed by atoms with Gasteiger partial charge in [-0.15, -0.1) is 0 Å². The van der Waals surface area contributed by atoms with E-state index in [0.29, 0.717) is 52.6 Å². The van der Waals surface area contributed by atoms with Gasteiger partial charge in [-0.3, -0.25) is 4.68 Å². The van der Waals surface area contributed by atoms with Crippen molar-refractivity contribution in [2.45, 2.75) is 33.1 Å². The molecule has 0 aliphatic heterocycles. The van der Waals surface area contributed by atoms with Crippen LogP contribution >= 0.6 is 23.2 Å². The minimum Gasteiger partial charge on any atom is -0.489 e. The predicted molar refractivity (Wildman–Crippen MR) is 136 cm³/mol. The van der Waals surface area contributed by atoms with E-state index in [1.807, 2.05) is 55.5 Å². The Morgan fingerprint density at radius 2 is 1.49 bits per heavy atom. The largest absolute Gasteiger partial charge is 0.489 e. The van der Waals surface area contributed by atoms with Crippen LogP contribution in [0.4, 0.5) is 0 Å². The lowest BCUT2D eigenvalue weighted by molar-refractivity contribution is 0.0683. The van der Waals surface area contributed by atoms with Gasteiger partial charge >= 0.3 is 5.97 Å². The molecule has 0 aliphatic rings. The normalized spacial score (nSPS) is 10.8. The molecular weight excluding hydrogens is 487 g/mol. The van der Waals surface area contributed by atoms with Crippen LogP contribution in [-0.4, -0.2) is 20.9 Å². The second-order valence-corrected chi connectivity index (χ2v) is 8.80. The Labute approximate surface area is 213 Å². The average Bonchev–Trinajstić information content (AvgIpc) is 3.28. The van der Waals surface area contributed by atoms with Crippen molar-refractivity contribution >= 4 is 29.2 Å². The zero-order chi connectivity index (χ0) is 24.8. The summed E-state index contributed by atoms with van der Waals surface area (Å²) in [6.45, 7) is 3.14. The molecule has 180 valence electrons. The van der Waals surface area contributed by atoms with Gasteiger partial charge < -0.3 is 14.6 Å². The smallest absolute Gasteiger partial charge is 0.354 e. The Balaban J connectivity index is 1.63. The molecule has 0 unspecified atom stereocenters. The van der Waals surface area contributed by atoms with Gasteiger partial charge in [-0.2, -0.15) is 5.10 Å². The lowest BCUT2D eigenvalue weighted by Crippen LogP contribution is -2.09. The molecule has 0 bridgehead atoms. The number of aryl methyl sites for hydroxylation is 1. The molecule has 4 rings (SSSR count). The number of nitrogens with zero attached hydrogens (tertiary/aromatic N) is 2. The first-order valence-electron chi connectivity index (χ1n) is 11.1. The van der Waals surface area contributed by atoms with Crippen molar-refractivity contribution in [2.24, 2.45) is 0 Å². The van der Waals surface area contributed by atoms with Gasteiger partial charge in [0.15, 0.2) is 0 Å². The number of hydrogen-bond acceptors (Lipinski definition) is 4. The summed E-state index contributed by atoms with van der Waals surface area (Å²) in [6, 6.07) is 21.8. The molecule has 0 spiro atoms. The lowest BCUT2D eigenvalue weighted by atomic mass is 10.1. The van der Waals surface area contributed by atoms with Crippen molar-refractivity contribution in [2.75, 3.05) is 0 Å². The maximum absolute atomic E-state index is 11.7. The van der Waals surface area contributed by atoms with Crippen LogP contribution < -0.4 is 9.47 Å². The minimum absolute atomic E-state index is 0.133. The zero-order valence-electron chi connectivity index (χ0n) is 19.1. The quantitative estimate of drug-likeness (QED) is 0.245. The van der Waals surface area contributed by atoms with Crippen molar-refractivity contribution in [3.63, 3.8) is 0 Å². The van der Waals surface area contributed by atoms with Crippen LogP contribution in [0.25, 0.3) is 11.3 Å². The molecule has 0 amide bonds. The van der Waals surface area contributed by atoms with Crippen LogP contribution in [0.5, 0.6) is 11.5 Å². The monoisotopic (exact) mass is 510 g/mol. The Morgan fingerprint density at radius 3 is 2.06 bits per heavy atom. The van der Waals surface area contributed by atoms with E-state index in [9.17, 15) is 9.90 Å². The molecule has 0 fully saturated rings. The van der Waals surface area contributed by atoms with Crippen molar-refractivity contribution in [1.82, 2.24) is 9.78 Å². The summed E-state index contributed by atoms with van der Waals surface area (Å²) in [5.74, 6) is 0.122. The first-order valence-corrected chi connectivity index (χ1v) is 11.9. The molecule has 1 heterocycles. The third-order valence-electron chi connectivity index (χ3n) is 5.29. The standard InChI is InChI=1S/C27H24Cl2N2O4/c1-2-13-31-25(27(32)33)15-24(30-31)23-12-11-22(34-16-18-3-7-20(28)8-4-18)14-26(23)35-17-19-5-9-21(29)10-6-19/h3-12,14-15H,2,13,16-17H2,1H3,(H,32,33). The van der Waals surface area contributed by atoms with Gasteiger partial charge in [-0.05, 0) is 60.0 Å². The second-order valence-electron chi connectivity index (χ2n) is 7.93. The van der Waals surface area contributed by atoms with Crippen molar-refractivity contribution in [3.05, 3.63) is 99.7 Å². The summed E-state index contributed by atoms with van der Waals surface area (Å²) in [5.41, 5.74) is 3.25. The molecule has 1 aromatic heterocycles. The van der Waals surface area contributed by atoms with E-state index in [-0.39, 0.29) is 5.69 Å². The molecule has 1 N–H and O–H groups in total. The van der Waals surface area contributed by atoms with E-state index in [2.05, 4.69) is 5.10 Å². The van der Waals surface area contributed by atoms with Crippen LogP contribution in [-0.2, 0) is 19.8 Å². The topological polar surface area (TPSA) is 73.6 Å². The number of rotatable bonds is 10. The minimum atomic E-state index is -1.02. The number of aromatic carboxylic acids is 1. The van der Waals surface area contributed by atoms with Gasteiger partial charge in [0.05, 0.1) is 5.69 Å². The molecule has 35 heavy (non-hydrogen) atoms. The number of benzene rings is 3. The van der Waals surface area contributed by atoms with Gasteiger partial charge in [0.2, 0.25) is 0 Å². The summed E-state index contributed by atoms with van der Waals surface area (Å²) in [4.78, 5) is 11.7. The molecular formula is C27H24Cl2N2O4. The first-order chi connectivity index (χ1) is 16.9. The molecule has 0 aliphatic carbocycles. The third kappa shape index (κ3) is 6.35. The van der Waals surface area contributed by atoms with Gasteiger partial charge in [0.25, 0.3) is 0 Å². The van der Waals surface area contributed by atoms with E-state index in [1.54, 1.807) is 24.3 Å². The number of hydrogen-bond donors (Lipinski definition) is 1. The van der Waals surface area contributed by atoms with E-state index >= 15 is 0 Å². The van der Waals surface area contributed by atoms with Gasteiger partial charge in [-0.1, -0.05) is 54.4 Å². The number of carbonyl (C=O) groups is 1. The number of halogens is 2. The van der Waals surface area contributed by atoms with Crippen molar-refractivity contribution in [3.8, 4) is 22.8 Å². The molecule has 0 saturated heterocycles. The molecule has 0 atom stereocenters. The molecule has 8 heteroatoms. The maximum Gasteiger partial charge on any atom is 0.354 e. The average molecular weight is 511 g/mol. The van der Waals surface area contributed by atoms with Gasteiger partial charge in [0, 0.05) is 28.2 Å². The number of carboxylic acids is 1. The van der Waals surface area contributed by atoms with E-state index < -0.39 is 5.97 Å². The SMILES string of the molecule is CCCn1nc(-c2ccc(OCc3ccc(Cl)cc3)cc2OCc2ccc(Cl)cc2)cc1C(=O)O. The molecule has 0 saturated carbocycles. The van der Waals surface area contributed by atoms with E-state index in [1.165, 1.54) is 4.68 Å². The fourth-order valence-electron chi connectivity index (χ4n) is 3.52. The summed E-state index contributed by atoms with van der Waals surface area (Å²) in [6.07, 6.45) is 0.763. The summed E-state index contributed by atoms with van der Waals surface area (Å²) in [7, 11) is 0. The highest BCUT2D eigenvalue weighted by Crippen LogP contribution is 2.34. The van der Waals surface area contributed by atoms with Gasteiger partial charge in [0.1, 0.15) is 30.4 Å². The van der Waals surface area contributed by atoms with Crippen LogP contribution in [0.2, 0.25) is 10.0 Å². The van der Waals surface area contributed by atoms with Gasteiger partial charge in [-0.25, -0.2) is 4.79 Å². The van der Waals surface area contributed by atoms with E-state index in [4.69, 9.17) is 32.7 Å². The first kappa shape index (κ1) is 24.6. The molecule has 0 radical (unpaired) electrons. The van der Waals surface area contributed by atoms with E-state index in [0.717, 1.165) is 17.5 Å². The van der Waals surface area contributed by atoms with Crippen molar-refractivity contribution < 1.29 is 19.4 Å². The Hall–Kier alpha value is -3.48. The molecule has 6 nitrogen and oxygen atoms in total. The highest BCUT2D eigenvalue weighted by Gasteiger charge is 2.18. The van der Waals surface area contributed by atoms with Crippen LogP contribution in [0.15, 0.2) is 72.8 Å². The van der Waals surface area contributed by atoms with Crippen molar-refractivity contribution in [1.29, 1.82) is 0 Å². The summed E-state index contributed by atoms with van der Waals surface area (Å²) < 4.78 is 13.6. The highest BCUT2D eigenvalue weighted by molar-refractivity contribution is 6.30. The Bertz CT molecular complexity index is 1300. The zero-order valence-corrected chi connectivity index (χ0v) is 20.6. The van der Waals surface area contributed by atoms with Crippen LogP contribution in [0, 0.1) is 0 Å². The highest BCUT2D eigenvalue weighted by atomic mass is 35.5.